The van der Waals surface area contributed by atoms with Crippen molar-refractivity contribution in [3.63, 3.8) is 0 Å². The fourth-order valence-electron chi connectivity index (χ4n) is 3.18. The predicted octanol–water partition coefficient (Wildman–Crippen LogP) is 2.32. The van der Waals surface area contributed by atoms with Crippen molar-refractivity contribution in [2.45, 2.75) is 43.9 Å². The van der Waals surface area contributed by atoms with Crippen molar-refractivity contribution in [2.24, 2.45) is 0 Å². The Morgan fingerprint density at radius 3 is 2.19 bits per heavy atom. The molecule has 3 rings (SSSR count). The molecule has 0 saturated carbocycles. The van der Waals surface area contributed by atoms with Crippen LogP contribution < -0.4 is 4.90 Å². The molecule has 0 amide bonds. The van der Waals surface area contributed by atoms with Gasteiger partial charge in [0.15, 0.2) is 0 Å². The second-order valence-corrected chi connectivity index (χ2v) is 4.89. The number of aliphatic hydroxyl groups is 1. The summed E-state index contributed by atoms with van der Waals surface area (Å²) in [4.78, 5) is 2.37. The van der Waals surface area contributed by atoms with Crippen LogP contribution >= 0.6 is 0 Å². The van der Waals surface area contributed by atoms with Crippen LogP contribution in [0.3, 0.4) is 0 Å². The molecule has 0 aliphatic carbocycles. The minimum Gasteiger partial charge on any atom is -0.393 e. The smallest absolute Gasteiger partial charge is 0.123 e. The number of piperidine rings is 1. The Morgan fingerprint density at radius 2 is 1.62 bits per heavy atom. The molecule has 1 aromatic rings. The van der Waals surface area contributed by atoms with Crippen LogP contribution in [0.15, 0.2) is 24.3 Å². The molecule has 2 atom stereocenters. The van der Waals surface area contributed by atoms with Crippen molar-refractivity contribution in [1.82, 2.24) is 0 Å². The minimum absolute atomic E-state index is 0.144. The molecule has 1 aromatic carbocycles. The second kappa shape index (κ2) is 3.74. The van der Waals surface area contributed by atoms with E-state index in [4.69, 9.17) is 0 Å². The van der Waals surface area contributed by atoms with Crippen molar-refractivity contribution in [1.29, 1.82) is 0 Å². The third kappa shape index (κ3) is 1.59. The molecule has 16 heavy (non-hydrogen) atoms. The molecule has 2 fully saturated rings. The largest absolute Gasteiger partial charge is 0.393 e. The van der Waals surface area contributed by atoms with E-state index in [1.165, 1.54) is 12.1 Å². The number of halogens is 1. The van der Waals surface area contributed by atoms with Crippen molar-refractivity contribution in [2.75, 3.05) is 4.90 Å². The Kier molecular flexibility index (Phi) is 2.36. The Balaban J connectivity index is 1.88. The van der Waals surface area contributed by atoms with Gasteiger partial charge in [-0.25, -0.2) is 4.39 Å². The van der Waals surface area contributed by atoms with Crippen LogP contribution in [0.1, 0.15) is 25.7 Å². The summed E-state index contributed by atoms with van der Waals surface area (Å²) in [6.45, 7) is 0. The van der Waals surface area contributed by atoms with Gasteiger partial charge >= 0.3 is 0 Å². The minimum atomic E-state index is -0.187. The zero-order valence-electron chi connectivity index (χ0n) is 9.14. The van der Waals surface area contributed by atoms with Gasteiger partial charge in [-0.15, -0.1) is 0 Å². The van der Waals surface area contributed by atoms with E-state index in [9.17, 15) is 9.50 Å². The number of rotatable bonds is 1. The highest BCUT2D eigenvalue weighted by Crippen LogP contribution is 2.39. The Hall–Kier alpha value is -1.09. The van der Waals surface area contributed by atoms with Crippen molar-refractivity contribution >= 4 is 5.69 Å². The summed E-state index contributed by atoms with van der Waals surface area (Å²) in [6, 6.07) is 7.61. The van der Waals surface area contributed by atoms with Gasteiger partial charge in [0, 0.05) is 17.8 Å². The lowest BCUT2D eigenvalue weighted by molar-refractivity contribution is 0.126. The first-order chi connectivity index (χ1) is 7.74. The van der Waals surface area contributed by atoms with Gasteiger partial charge in [0.1, 0.15) is 5.82 Å². The number of hydrogen-bond acceptors (Lipinski definition) is 2. The van der Waals surface area contributed by atoms with Crippen LogP contribution in [0.4, 0.5) is 10.1 Å². The molecule has 2 unspecified atom stereocenters. The standard InChI is InChI=1S/C13H16FNO/c14-9-1-3-10(4-2-9)15-11-5-6-12(15)8-13(16)7-11/h1-4,11-13,16H,5-8H2. The zero-order chi connectivity index (χ0) is 11.1. The number of benzene rings is 1. The summed E-state index contributed by atoms with van der Waals surface area (Å²) >= 11 is 0. The van der Waals surface area contributed by atoms with Crippen molar-refractivity contribution < 1.29 is 9.50 Å². The molecule has 2 saturated heterocycles. The van der Waals surface area contributed by atoms with Crippen LogP contribution in [0.5, 0.6) is 0 Å². The van der Waals surface area contributed by atoms with Crippen LogP contribution in [0.25, 0.3) is 0 Å². The first-order valence-electron chi connectivity index (χ1n) is 5.96. The van der Waals surface area contributed by atoms with E-state index in [2.05, 4.69) is 4.90 Å². The van der Waals surface area contributed by atoms with Crippen LogP contribution in [0.2, 0.25) is 0 Å². The lowest BCUT2D eigenvalue weighted by Gasteiger charge is -2.39. The lowest BCUT2D eigenvalue weighted by atomic mass is 9.99. The number of hydrogen-bond donors (Lipinski definition) is 1. The van der Waals surface area contributed by atoms with E-state index in [0.717, 1.165) is 31.4 Å². The van der Waals surface area contributed by atoms with E-state index >= 15 is 0 Å². The molecule has 2 aliphatic heterocycles. The summed E-state index contributed by atoms with van der Waals surface area (Å²) in [6.07, 6.45) is 3.87. The Labute approximate surface area is 94.7 Å². The maximum Gasteiger partial charge on any atom is 0.123 e. The lowest BCUT2D eigenvalue weighted by Crippen LogP contribution is -2.44. The maximum absolute atomic E-state index is 12.9. The number of anilines is 1. The molecule has 3 heteroatoms. The second-order valence-electron chi connectivity index (χ2n) is 4.89. The Morgan fingerprint density at radius 1 is 1.06 bits per heavy atom. The number of aliphatic hydroxyl groups excluding tert-OH is 1. The summed E-state index contributed by atoms with van der Waals surface area (Å²) in [7, 11) is 0. The van der Waals surface area contributed by atoms with Crippen LogP contribution in [-0.2, 0) is 0 Å². The van der Waals surface area contributed by atoms with Gasteiger partial charge in [-0.05, 0) is 49.9 Å². The monoisotopic (exact) mass is 221 g/mol. The topological polar surface area (TPSA) is 23.5 Å². The molecular formula is C13H16FNO. The van der Waals surface area contributed by atoms with Gasteiger partial charge in [0.25, 0.3) is 0 Å². The third-order valence-corrected chi connectivity index (χ3v) is 3.83. The highest BCUT2D eigenvalue weighted by molar-refractivity contribution is 5.50. The highest BCUT2D eigenvalue weighted by atomic mass is 19.1. The molecule has 0 radical (unpaired) electrons. The normalized spacial score (nSPS) is 33.1. The van der Waals surface area contributed by atoms with Gasteiger partial charge in [0.2, 0.25) is 0 Å². The summed E-state index contributed by atoms with van der Waals surface area (Å²) in [5, 5.41) is 9.71. The molecule has 0 spiro atoms. The predicted molar refractivity (Wildman–Crippen MR) is 60.9 cm³/mol. The SMILES string of the molecule is OC1CC2CCC(C1)N2c1ccc(F)cc1. The average Bonchev–Trinajstić information content (AvgIpc) is 2.54. The highest BCUT2D eigenvalue weighted by Gasteiger charge is 2.40. The summed E-state index contributed by atoms with van der Waals surface area (Å²) < 4.78 is 12.9. The zero-order valence-corrected chi connectivity index (χ0v) is 9.14. The van der Waals surface area contributed by atoms with E-state index in [1.54, 1.807) is 0 Å². The number of nitrogens with zero attached hydrogens (tertiary/aromatic N) is 1. The van der Waals surface area contributed by atoms with Gasteiger partial charge in [-0.1, -0.05) is 0 Å². The van der Waals surface area contributed by atoms with Gasteiger partial charge in [-0.3, -0.25) is 0 Å². The molecule has 2 nitrogen and oxygen atoms in total. The molecule has 1 N–H and O–H groups in total. The molecule has 2 heterocycles. The molecule has 2 bridgehead atoms. The molecule has 2 aliphatic rings. The van der Waals surface area contributed by atoms with E-state index in [-0.39, 0.29) is 11.9 Å². The molecule has 0 aromatic heterocycles. The summed E-state index contributed by atoms with van der Waals surface area (Å²) in [5.41, 5.74) is 1.10. The van der Waals surface area contributed by atoms with Gasteiger partial charge in [0.05, 0.1) is 6.10 Å². The Bertz CT molecular complexity index is 364. The average molecular weight is 221 g/mol. The molecular weight excluding hydrogens is 205 g/mol. The first kappa shape index (κ1) is 10.1. The summed E-state index contributed by atoms with van der Waals surface area (Å²) in [5.74, 6) is -0.187. The van der Waals surface area contributed by atoms with Crippen LogP contribution in [0, 0.1) is 5.82 Å². The fraction of sp³-hybridized carbons (Fsp3) is 0.538. The van der Waals surface area contributed by atoms with Crippen LogP contribution in [-0.4, -0.2) is 23.3 Å². The molecule has 86 valence electrons. The van der Waals surface area contributed by atoms with Gasteiger partial charge < -0.3 is 10.0 Å². The van der Waals surface area contributed by atoms with Crippen molar-refractivity contribution in [3.05, 3.63) is 30.1 Å². The van der Waals surface area contributed by atoms with Crippen molar-refractivity contribution in [3.8, 4) is 0 Å². The quantitative estimate of drug-likeness (QED) is 0.786. The van der Waals surface area contributed by atoms with E-state index in [1.807, 2.05) is 12.1 Å². The van der Waals surface area contributed by atoms with Gasteiger partial charge in [-0.2, -0.15) is 0 Å². The first-order valence-corrected chi connectivity index (χ1v) is 5.96. The fourth-order valence-corrected chi connectivity index (χ4v) is 3.18. The van der Waals surface area contributed by atoms with E-state index in [0.29, 0.717) is 12.1 Å². The van der Waals surface area contributed by atoms with E-state index < -0.39 is 0 Å². The maximum atomic E-state index is 12.9. The third-order valence-electron chi connectivity index (χ3n) is 3.83. The number of fused-ring (bicyclic) bond motifs is 2.